The Labute approximate surface area is 214 Å². The molecule has 5 rings (SSSR count). The van der Waals surface area contributed by atoms with Crippen LogP contribution in [0.3, 0.4) is 0 Å². The molecule has 178 valence electrons. The Morgan fingerprint density at radius 3 is 2.44 bits per heavy atom. The molecule has 0 aliphatic heterocycles. The number of rotatable bonds is 8. The molecule has 0 saturated carbocycles. The molecule has 0 atom stereocenters. The van der Waals surface area contributed by atoms with E-state index in [1.165, 1.54) is 11.5 Å². The fraction of sp³-hybridized carbons (Fsp3) is 0.172. The lowest BCUT2D eigenvalue weighted by Gasteiger charge is -2.10. The predicted octanol–water partition coefficient (Wildman–Crippen LogP) is 5.61. The molecular formula is C29H25N5OS. The summed E-state index contributed by atoms with van der Waals surface area (Å²) >= 11 is 1.41. The van der Waals surface area contributed by atoms with Crippen LogP contribution in [0.1, 0.15) is 49.3 Å². The van der Waals surface area contributed by atoms with Gasteiger partial charge in [0.05, 0.1) is 5.69 Å². The Morgan fingerprint density at radius 2 is 1.69 bits per heavy atom. The van der Waals surface area contributed by atoms with Gasteiger partial charge in [0.25, 0.3) is 0 Å². The fourth-order valence-electron chi connectivity index (χ4n) is 4.05. The number of carbonyl (C=O) groups excluding carboxylic acids is 1. The third-order valence-corrected chi connectivity index (χ3v) is 6.65. The molecule has 0 aliphatic rings. The Kier molecular flexibility index (Phi) is 7.00. The number of hydrogen-bond donors (Lipinski definition) is 0. The van der Waals surface area contributed by atoms with Crippen molar-refractivity contribution >= 4 is 17.3 Å². The summed E-state index contributed by atoms with van der Waals surface area (Å²) in [5, 5.41) is 0.960. The van der Waals surface area contributed by atoms with Crippen molar-refractivity contribution in [1.29, 1.82) is 0 Å². The van der Waals surface area contributed by atoms with Crippen molar-refractivity contribution < 1.29 is 4.79 Å². The number of ketones is 1. The first-order chi connectivity index (χ1) is 17.5. The molecule has 5 aromatic rings. The highest BCUT2D eigenvalue weighted by molar-refractivity contribution is 7.05. The van der Waals surface area contributed by atoms with Crippen LogP contribution in [-0.4, -0.2) is 30.1 Å². The molecular weight excluding hydrogens is 466 g/mol. The summed E-state index contributed by atoms with van der Waals surface area (Å²) in [6.45, 7) is 4.02. The van der Waals surface area contributed by atoms with Crippen molar-refractivity contribution in [3.63, 3.8) is 0 Å². The van der Waals surface area contributed by atoms with Gasteiger partial charge in [-0.2, -0.15) is 4.37 Å². The summed E-state index contributed by atoms with van der Waals surface area (Å²) in [7, 11) is 0. The van der Waals surface area contributed by atoms with Gasteiger partial charge in [0, 0.05) is 49.0 Å². The molecule has 0 aliphatic carbocycles. The van der Waals surface area contributed by atoms with Crippen molar-refractivity contribution in [2.45, 2.75) is 33.1 Å². The summed E-state index contributed by atoms with van der Waals surface area (Å²) in [6, 6.07) is 19.7. The van der Waals surface area contributed by atoms with Crippen LogP contribution in [0.15, 0.2) is 79.3 Å². The van der Waals surface area contributed by atoms with Crippen LogP contribution in [-0.2, 0) is 19.3 Å². The van der Waals surface area contributed by atoms with Gasteiger partial charge in [0.1, 0.15) is 16.7 Å². The molecule has 7 heteroatoms. The summed E-state index contributed by atoms with van der Waals surface area (Å²) in [4.78, 5) is 30.8. The first-order valence-electron chi connectivity index (χ1n) is 11.8. The molecule has 0 bridgehead atoms. The Balaban J connectivity index is 1.27. The monoisotopic (exact) mass is 491 g/mol. The first-order valence-corrected chi connectivity index (χ1v) is 12.5. The van der Waals surface area contributed by atoms with Crippen molar-refractivity contribution in [2.75, 3.05) is 0 Å². The van der Waals surface area contributed by atoms with Crippen LogP contribution in [0.4, 0.5) is 0 Å². The van der Waals surface area contributed by atoms with Gasteiger partial charge in [-0.25, -0.2) is 15.0 Å². The highest BCUT2D eigenvalue weighted by Crippen LogP contribution is 2.19. The Morgan fingerprint density at radius 1 is 0.861 bits per heavy atom. The summed E-state index contributed by atoms with van der Waals surface area (Å²) in [5.74, 6) is 1.65. The van der Waals surface area contributed by atoms with E-state index in [-0.39, 0.29) is 5.78 Å². The SMILES string of the molecule is Cc1nc(Cc2ccc(C(=O)Cc3ccc(C)c(Cc4nccc(-c5cccnc5)n4)c3)cc2)ns1. The van der Waals surface area contributed by atoms with Crippen molar-refractivity contribution in [2.24, 2.45) is 0 Å². The number of pyridine rings is 1. The standard InChI is InChI=1S/C29H25N5OS/c1-19-5-6-22(14-25(19)17-28-31-13-11-26(33-28)24-4-3-12-30-18-24)15-27(35)23-9-7-21(8-10-23)16-29-32-20(2)36-34-29/h3-14,18H,15-17H2,1-2H3. The smallest absolute Gasteiger partial charge is 0.167 e. The average Bonchev–Trinajstić information content (AvgIpc) is 3.31. The number of benzene rings is 2. The van der Waals surface area contributed by atoms with E-state index in [2.05, 4.69) is 38.4 Å². The Hall–Kier alpha value is -4.10. The minimum absolute atomic E-state index is 0.0915. The van der Waals surface area contributed by atoms with E-state index in [1.54, 1.807) is 18.6 Å². The lowest BCUT2D eigenvalue weighted by Crippen LogP contribution is -2.06. The summed E-state index contributed by atoms with van der Waals surface area (Å²) < 4.78 is 4.34. The molecule has 0 saturated heterocycles. The Bertz CT molecular complexity index is 1500. The van der Waals surface area contributed by atoms with E-state index in [0.29, 0.717) is 24.8 Å². The van der Waals surface area contributed by atoms with Crippen LogP contribution in [0.5, 0.6) is 0 Å². The van der Waals surface area contributed by atoms with Gasteiger partial charge in [-0.15, -0.1) is 0 Å². The van der Waals surface area contributed by atoms with Gasteiger partial charge < -0.3 is 0 Å². The van der Waals surface area contributed by atoms with E-state index in [4.69, 9.17) is 4.98 Å². The molecule has 0 fully saturated rings. The molecule has 2 aromatic carbocycles. The van der Waals surface area contributed by atoms with E-state index in [1.807, 2.05) is 55.5 Å². The highest BCUT2D eigenvalue weighted by atomic mass is 32.1. The minimum Gasteiger partial charge on any atom is -0.294 e. The third-order valence-electron chi connectivity index (χ3n) is 6.00. The van der Waals surface area contributed by atoms with Crippen molar-refractivity contribution in [3.05, 3.63) is 124 Å². The number of aryl methyl sites for hydroxylation is 2. The van der Waals surface area contributed by atoms with Gasteiger partial charge >= 0.3 is 0 Å². The summed E-state index contributed by atoms with van der Waals surface area (Å²) in [5.41, 5.74) is 6.85. The zero-order valence-corrected chi connectivity index (χ0v) is 21.0. The topological polar surface area (TPSA) is 81.5 Å². The first kappa shape index (κ1) is 23.6. The van der Waals surface area contributed by atoms with Crippen LogP contribution < -0.4 is 0 Å². The fourth-order valence-corrected chi connectivity index (χ4v) is 4.54. The minimum atomic E-state index is 0.0915. The van der Waals surface area contributed by atoms with E-state index >= 15 is 0 Å². The number of aromatic nitrogens is 5. The van der Waals surface area contributed by atoms with Crippen LogP contribution >= 0.6 is 11.5 Å². The van der Waals surface area contributed by atoms with E-state index in [0.717, 1.165) is 50.2 Å². The molecule has 0 spiro atoms. The van der Waals surface area contributed by atoms with E-state index < -0.39 is 0 Å². The molecule has 0 N–H and O–H groups in total. The zero-order valence-electron chi connectivity index (χ0n) is 20.2. The summed E-state index contributed by atoms with van der Waals surface area (Å²) in [6.07, 6.45) is 6.94. The maximum absolute atomic E-state index is 13.0. The zero-order chi connectivity index (χ0) is 24.9. The number of hydrogen-bond acceptors (Lipinski definition) is 7. The van der Waals surface area contributed by atoms with Gasteiger partial charge in [-0.05, 0) is 65.8 Å². The van der Waals surface area contributed by atoms with Crippen LogP contribution in [0.25, 0.3) is 11.3 Å². The molecule has 6 nitrogen and oxygen atoms in total. The van der Waals surface area contributed by atoms with Crippen LogP contribution in [0.2, 0.25) is 0 Å². The van der Waals surface area contributed by atoms with Gasteiger partial charge in [0.15, 0.2) is 5.78 Å². The number of nitrogens with zero attached hydrogens (tertiary/aromatic N) is 5. The van der Waals surface area contributed by atoms with Crippen molar-refractivity contribution in [1.82, 2.24) is 24.3 Å². The average molecular weight is 492 g/mol. The quantitative estimate of drug-likeness (QED) is 0.262. The lowest BCUT2D eigenvalue weighted by atomic mass is 9.97. The van der Waals surface area contributed by atoms with Crippen LogP contribution in [0, 0.1) is 13.8 Å². The van der Waals surface area contributed by atoms with Gasteiger partial charge in [-0.1, -0.05) is 42.5 Å². The van der Waals surface area contributed by atoms with Crippen molar-refractivity contribution in [3.8, 4) is 11.3 Å². The number of Topliss-reactive ketones (excluding diaryl/α,β-unsaturated/α-hetero) is 1. The molecule has 0 unspecified atom stereocenters. The van der Waals surface area contributed by atoms with Gasteiger partial charge in [-0.3, -0.25) is 9.78 Å². The second-order valence-corrected chi connectivity index (χ2v) is 9.70. The second kappa shape index (κ2) is 10.7. The molecule has 36 heavy (non-hydrogen) atoms. The molecule has 0 amide bonds. The lowest BCUT2D eigenvalue weighted by molar-refractivity contribution is 0.0993. The second-order valence-electron chi connectivity index (χ2n) is 8.74. The highest BCUT2D eigenvalue weighted by Gasteiger charge is 2.11. The largest absolute Gasteiger partial charge is 0.294 e. The maximum Gasteiger partial charge on any atom is 0.167 e. The maximum atomic E-state index is 13.0. The molecule has 3 aromatic heterocycles. The third kappa shape index (κ3) is 5.75. The molecule has 0 radical (unpaired) electrons. The molecule has 3 heterocycles. The predicted molar refractivity (Wildman–Crippen MR) is 141 cm³/mol. The number of carbonyl (C=O) groups is 1. The van der Waals surface area contributed by atoms with E-state index in [9.17, 15) is 4.79 Å². The normalized spacial score (nSPS) is 10.9. The van der Waals surface area contributed by atoms with Gasteiger partial charge in [0.2, 0.25) is 0 Å².